The Morgan fingerprint density at radius 3 is 2.63 bits per heavy atom. The Bertz CT molecular complexity index is 1420. The second-order valence-corrected chi connectivity index (χ2v) is 10.3. The molecule has 0 spiro atoms. The lowest BCUT2D eigenvalue weighted by atomic mass is 9.92. The van der Waals surface area contributed by atoms with Crippen molar-refractivity contribution in [1.82, 2.24) is 15.1 Å². The van der Waals surface area contributed by atoms with Crippen LogP contribution in [0.4, 0.5) is 5.69 Å². The van der Waals surface area contributed by atoms with Gasteiger partial charge >= 0.3 is 0 Å². The highest BCUT2D eigenvalue weighted by Crippen LogP contribution is 2.37. The SMILES string of the molecule is Cc1cccc(CNC(=O)C2(C)Cn3nc(-c4cccs4)cc3C(=O)N2c2cccc(C)c2C)c1. The molecule has 5 rings (SSSR count). The number of nitrogens with zero attached hydrogens (tertiary/aromatic N) is 3. The van der Waals surface area contributed by atoms with Crippen LogP contribution in [-0.4, -0.2) is 27.1 Å². The van der Waals surface area contributed by atoms with Gasteiger partial charge in [-0.15, -0.1) is 11.3 Å². The zero-order valence-electron chi connectivity index (χ0n) is 20.3. The van der Waals surface area contributed by atoms with Crippen LogP contribution in [-0.2, 0) is 17.9 Å². The molecule has 6 nitrogen and oxygen atoms in total. The van der Waals surface area contributed by atoms with Crippen molar-refractivity contribution >= 4 is 28.8 Å². The fraction of sp³-hybridized carbons (Fsp3) is 0.250. The Morgan fingerprint density at radius 2 is 1.89 bits per heavy atom. The van der Waals surface area contributed by atoms with Crippen molar-refractivity contribution in [1.29, 1.82) is 0 Å². The third-order valence-electron chi connectivity index (χ3n) is 6.77. The van der Waals surface area contributed by atoms with Crippen LogP contribution < -0.4 is 10.2 Å². The Balaban J connectivity index is 1.57. The largest absolute Gasteiger partial charge is 0.350 e. The lowest BCUT2D eigenvalue weighted by molar-refractivity contribution is -0.126. The summed E-state index contributed by atoms with van der Waals surface area (Å²) >= 11 is 1.58. The molecule has 7 heteroatoms. The zero-order valence-corrected chi connectivity index (χ0v) is 21.1. The first-order valence-electron chi connectivity index (χ1n) is 11.6. The first kappa shape index (κ1) is 23.1. The predicted molar refractivity (Wildman–Crippen MR) is 140 cm³/mol. The Kier molecular flexibility index (Phi) is 5.81. The van der Waals surface area contributed by atoms with E-state index in [0.717, 1.165) is 38.5 Å². The maximum atomic E-state index is 14.0. The number of hydrogen-bond acceptors (Lipinski definition) is 4. The number of nitrogens with one attached hydrogen (secondary N) is 1. The van der Waals surface area contributed by atoms with Gasteiger partial charge in [-0.3, -0.25) is 19.2 Å². The van der Waals surface area contributed by atoms with E-state index in [2.05, 4.69) is 11.4 Å². The van der Waals surface area contributed by atoms with Crippen molar-refractivity contribution in [2.75, 3.05) is 4.90 Å². The maximum Gasteiger partial charge on any atom is 0.277 e. The van der Waals surface area contributed by atoms with Gasteiger partial charge in [-0.25, -0.2) is 0 Å². The lowest BCUT2D eigenvalue weighted by Crippen LogP contribution is -2.64. The van der Waals surface area contributed by atoms with Gasteiger partial charge in [-0.05, 0) is 68.0 Å². The second-order valence-electron chi connectivity index (χ2n) is 9.35. The molecule has 0 fully saturated rings. The Labute approximate surface area is 209 Å². The van der Waals surface area contributed by atoms with Crippen LogP contribution in [0.15, 0.2) is 66.0 Å². The average Bonchev–Trinajstić information content (AvgIpc) is 3.50. The molecule has 2 amide bonds. The molecule has 1 unspecified atom stereocenters. The summed E-state index contributed by atoms with van der Waals surface area (Å²) in [6.45, 7) is 8.50. The van der Waals surface area contributed by atoms with Crippen molar-refractivity contribution in [3.8, 4) is 10.6 Å². The molecule has 1 aliphatic heterocycles. The summed E-state index contributed by atoms with van der Waals surface area (Å²) in [6, 6.07) is 19.7. The van der Waals surface area contributed by atoms with Crippen LogP contribution in [0.5, 0.6) is 0 Å². The third-order valence-corrected chi connectivity index (χ3v) is 7.66. The topological polar surface area (TPSA) is 67.2 Å². The van der Waals surface area contributed by atoms with E-state index >= 15 is 0 Å². The van der Waals surface area contributed by atoms with Gasteiger partial charge < -0.3 is 5.32 Å². The molecule has 1 atom stereocenters. The first-order valence-corrected chi connectivity index (χ1v) is 12.5. The molecule has 1 N–H and O–H groups in total. The van der Waals surface area contributed by atoms with Gasteiger partial charge in [0.15, 0.2) is 0 Å². The number of fused-ring (bicyclic) bond motifs is 1. The van der Waals surface area contributed by atoms with Crippen LogP contribution in [0.1, 0.15) is 39.7 Å². The molecule has 1 aliphatic rings. The minimum Gasteiger partial charge on any atom is -0.350 e. The van der Waals surface area contributed by atoms with Crippen molar-refractivity contribution in [2.45, 2.75) is 46.3 Å². The summed E-state index contributed by atoms with van der Waals surface area (Å²) < 4.78 is 1.69. The molecule has 0 saturated carbocycles. The summed E-state index contributed by atoms with van der Waals surface area (Å²) in [5.74, 6) is -0.444. The summed E-state index contributed by atoms with van der Waals surface area (Å²) in [7, 11) is 0. The molecule has 4 aromatic rings. The van der Waals surface area contributed by atoms with Gasteiger partial charge in [0.25, 0.3) is 5.91 Å². The minimum atomic E-state index is -1.16. The van der Waals surface area contributed by atoms with Crippen LogP contribution in [0.3, 0.4) is 0 Å². The highest BCUT2D eigenvalue weighted by atomic mass is 32.1. The van der Waals surface area contributed by atoms with E-state index in [9.17, 15) is 9.59 Å². The normalized spacial score (nSPS) is 17.4. The Hall–Kier alpha value is -3.71. The van der Waals surface area contributed by atoms with Crippen LogP contribution in [0.25, 0.3) is 10.6 Å². The van der Waals surface area contributed by atoms with Gasteiger partial charge in [0.2, 0.25) is 5.91 Å². The van der Waals surface area contributed by atoms with E-state index in [1.54, 1.807) is 20.9 Å². The molecule has 0 saturated heterocycles. The van der Waals surface area contributed by atoms with Gasteiger partial charge in [-0.1, -0.05) is 48.0 Å². The molecule has 0 aliphatic carbocycles. The number of hydrogen-bond donors (Lipinski definition) is 1. The summed E-state index contributed by atoms with van der Waals surface area (Å²) in [4.78, 5) is 30.4. The first-order chi connectivity index (χ1) is 16.8. The number of carbonyl (C=O) groups is 2. The molecule has 2 aromatic heterocycles. The number of thiophene rings is 1. The van der Waals surface area contributed by atoms with Crippen LogP contribution in [0, 0.1) is 20.8 Å². The fourth-order valence-electron chi connectivity index (χ4n) is 4.68. The summed E-state index contributed by atoms with van der Waals surface area (Å²) in [5, 5.41) is 9.79. The van der Waals surface area contributed by atoms with Gasteiger partial charge in [0.05, 0.1) is 11.4 Å². The fourth-order valence-corrected chi connectivity index (χ4v) is 5.36. The molecular formula is C28H28N4O2S. The zero-order chi connectivity index (χ0) is 24.7. The molecular weight excluding hydrogens is 456 g/mol. The summed E-state index contributed by atoms with van der Waals surface area (Å²) in [5.41, 5.74) is 5.00. The highest BCUT2D eigenvalue weighted by Gasteiger charge is 2.49. The summed E-state index contributed by atoms with van der Waals surface area (Å²) in [6.07, 6.45) is 0. The number of carbonyl (C=O) groups excluding carboxylic acids is 2. The van der Waals surface area contributed by atoms with E-state index in [1.807, 2.05) is 87.7 Å². The maximum absolute atomic E-state index is 14.0. The number of aromatic nitrogens is 2. The van der Waals surface area contributed by atoms with E-state index in [4.69, 9.17) is 5.10 Å². The van der Waals surface area contributed by atoms with Crippen molar-refractivity contribution in [2.24, 2.45) is 0 Å². The average molecular weight is 485 g/mol. The highest BCUT2D eigenvalue weighted by molar-refractivity contribution is 7.13. The Morgan fingerprint density at radius 1 is 1.09 bits per heavy atom. The number of rotatable bonds is 5. The van der Waals surface area contributed by atoms with Crippen molar-refractivity contribution in [3.63, 3.8) is 0 Å². The van der Waals surface area contributed by atoms with Crippen LogP contribution >= 0.6 is 11.3 Å². The number of amides is 2. The second kappa shape index (κ2) is 8.82. The lowest BCUT2D eigenvalue weighted by Gasteiger charge is -2.43. The van der Waals surface area contributed by atoms with Gasteiger partial charge in [0, 0.05) is 12.2 Å². The minimum absolute atomic E-state index is 0.216. The number of benzene rings is 2. The van der Waals surface area contributed by atoms with E-state index in [-0.39, 0.29) is 18.4 Å². The molecule has 0 radical (unpaired) electrons. The molecule has 0 bridgehead atoms. The smallest absolute Gasteiger partial charge is 0.277 e. The van der Waals surface area contributed by atoms with Crippen molar-refractivity contribution < 1.29 is 9.59 Å². The molecule has 2 aromatic carbocycles. The number of aryl methyl sites for hydroxylation is 2. The number of anilines is 1. The van der Waals surface area contributed by atoms with Gasteiger partial charge in [-0.2, -0.15) is 5.10 Å². The monoisotopic (exact) mass is 484 g/mol. The molecule has 178 valence electrons. The van der Waals surface area contributed by atoms with E-state index in [1.165, 1.54) is 0 Å². The quantitative estimate of drug-likeness (QED) is 0.420. The molecule has 35 heavy (non-hydrogen) atoms. The predicted octanol–water partition coefficient (Wildman–Crippen LogP) is 5.27. The van der Waals surface area contributed by atoms with E-state index < -0.39 is 5.54 Å². The van der Waals surface area contributed by atoms with Crippen LogP contribution in [0.2, 0.25) is 0 Å². The van der Waals surface area contributed by atoms with Crippen molar-refractivity contribution in [3.05, 3.63) is 94.0 Å². The van der Waals surface area contributed by atoms with Gasteiger partial charge in [0.1, 0.15) is 16.9 Å². The third kappa shape index (κ3) is 4.06. The van der Waals surface area contributed by atoms with E-state index in [0.29, 0.717) is 12.2 Å². The standard InChI is InChI=1S/C28H28N4O2S/c1-18-8-5-10-21(14-18)16-29-27(34)28(4)17-31-24(15-22(30-31)25-12-7-13-35-25)26(33)32(28)23-11-6-9-19(2)20(23)3/h5-15H,16-17H2,1-4H3,(H,29,34). The molecule has 3 heterocycles.